The third kappa shape index (κ3) is 4.39. The van der Waals surface area contributed by atoms with Gasteiger partial charge in [-0.25, -0.2) is 9.97 Å². The Morgan fingerprint density at radius 3 is 2.37 bits per heavy atom. The molecule has 150 valence electrons. The molecule has 3 aromatic rings. The number of nitriles is 1. The fourth-order valence-electron chi connectivity index (χ4n) is 3.49. The van der Waals surface area contributed by atoms with Gasteiger partial charge in [-0.2, -0.15) is 5.26 Å². The maximum absolute atomic E-state index is 13.0. The first-order valence-electron chi connectivity index (χ1n) is 9.84. The molecule has 1 saturated heterocycles. The molecule has 2 aromatic carbocycles. The number of hydrogen-bond acceptors (Lipinski definition) is 6. The molecule has 30 heavy (non-hydrogen) atoms. The van der Waals surface area contributed by atoms with E-state index in [0.717, 1.165) is 18.8 Å². The molecule has 1 fully saturated rings. The van der Waals surface area contributed by atoms with Gasteiger partial charge in [0.1, 0.15) is 17.3 Å². The average molecular weight is 398 g/mol. The Morgan fingerprint density at radius 1 is 1.00 bits per heavy atom. The molecule has 7 nitrogen and oxygen atoms in total. The van der Waals surface area contributed by atoms with Gasteiger partial charge in [-0.1, -0.05) is 18.2 Å². The van der Waals surface area contributed by atoms with Gasteiger partial charge in [-0.05, 0) is 43.3 Å². The van der Waals surface area contributed by atoms with E-state index >= 15 is 0 Å². The number of amides is 1. The Bertz CT molecular complexity index is 1070. The molecule has 4 rings (SSSR count). The predicted octanol–water partition coefficient (Wildman–Crippen LogP) is 3.36. The molecule has 0 bridgehead atoms. The highest BCUT2D eigenvalue weighted by molar-refractivity contribution is 5.93. The molecule has 0 spiro atoms. The van der Waals surface area contributed by atoms with E-state index in [-0.39, 0.29) is 5.91 Å². The third-order valence-electron chi connectivity index (χ3n) is 5.03. The van der Waals surface area contributed by atoms with Crippen molar-refractivity contribution in [3.63, 3.8) is 0 Å². The quantitative estimate of drug-likeness (QED) is 0.725. The second-order valence-electron chi connectivity index (χ2n) is 7.11. The number of carbonyl (C=O) groups is 1. The van der Waals surface area contributed by atoms with Gasteiger partial charge in [-0.3, -0.25) is 4.79 Å². The number of para-hydroxylation sites is 1. The Balaban J connectivity index is 1.44. The number of nitrogens with zero attached hydrogens (tertiary/aromatic N) is 5. The zero-order valence-electron chi connectivity index (χ0n) is 16.7. The molecule has 7 heteroatoms. The summed E-state index contributed by atoms with van der Waals surface area (Å²) in [5, 5.41) is 12.1. The largest absolute Gasteiger partial charge is 0.368 e. The van der Waals surface area contributed by atoms with Crippen molar-refractivity contribution in [2.45, 2.75) is 6.92 Å². The Labute approximate surface area is 175 Å². The molecular formula is C23H22N6O. The lowest BCUT2D eigenvalue weighted by atomic mass is 10.2. The number of aryl methyl sites for hydroxylation is 1. The number of piperazine rings is 1. The van der Waals surface area contributed by atoms with Crippen molar-refractivity contribution in [2.75, 3.05) is 36.4 Å². The maximum Gasteiger partial charge on any atom is 0.272 e. The van der Waals surface area contributed by atoms with Crippen molar-refractivity contribution in [3.8, 4) is 6.07 Å². The molecule has 1 aliphatic heterocycles. The Morgan fingerprint density at radius 2 is 1.70 bits per heavy atom. The molecule has 1 N–H and O–H groups in total. The first-order chi connectivity index (χ1) is 14.6. The zero-order chi connectivity index (χ0) is 20.9. The zero-order valence-corrected chi connectivity index (χ0v) is 16.7. The number of anilines is 3. The fourth-order valence-corrected chi connectivity index (χ4v) is 3.49. The van der Waals surface area contributed by atoms with Crippen molar-refractivity contribution < 1.29 is 4.79 Å². The Hall–Kier alpha value is -3.92. The normalized spacial score (nSPS) is 13.6. The second kappa shape index (κ2) is 8.62. The van der Waals surface area contributed by atoms with Crippen LogP contribution >= 0.6 is 0 Å². The first kappa shape index (κ1) is 19.4. The van der Waals surface area contributed by atoms with Crippen molar-refractivity contribution in [2.24, 2.45) is 0 Å². The average Bonchev–Trinajstić information content (AvgIpc) is 2.79. The van der Waals surface area contributed by atoms with E-state index < -0.39 is 0 Å². The van der Waals surface area contributed by atoms with Crippen LogP contribution in [-0.2, 0) is 0 Å². The van der Waals surface area contributed by atoms with E-state index in [0.29, 0.717) is 36.0 Å². The monoisotopic (exact) mass is 398 g/mol. The number of nitrogens with one attached hydrogen (secondary N) is 1. The number of aromatic nitrogens is 2. The summed E-state index contributed by atoms with van der Waals surface area (Å²) in [7, 11) is 0. The van der Waals surface area contributed by atoms with Crippen LogP contribution in [0.2, 0.25) is 0 Å². The number of carbonyl (C=O) groups excluding carboxylic acids is 1. The smallest absolute Gasteiger partial charge is 0.272 e. The van der Waals surface area contributed by atoms with Gasteiger partial charge in [0.15, 0.2) is 0 Å². The van der Waals surface area contributed by atoms with E-state index in [2.05, 4.69) is 38.4 Å². The molecule has 0 saturated carbocycles. The van der Waals surface area contributed by atoms with Crippen molar-refractivity contribution in [1.29, 1.82) is 5.26 Å². The molecule has 0 radical (unpaired) electrons. The summed E-state index contributed by atoms with van der Waals surface area (Å²) >= 11 is 0. The van der Waals surface area contributed by atoms with Crippen LogP contribution in [0.5, 0.6) is 0 Å². The van der Waals surface area contributed by atoms with Gasteiger partial charge in [0, 0.05) is 43.6 Å². The van der Waals surface area contributed by atoms with Crippen LogP contribution in [0.4, 0.5) is 17.2 Å². The molecule has 1 amide bonds. The summed E-state index contributed by atoms with van der Waals surface area (Å²) in [6.45, 7) is 4.64. The van der Waals surface area contributed by atoms with Crippen LogP contribution in [0.1, 0.15) is 21.9 Å². The predicted molar refractivity (Wildman–Crippen MR) is 116 cm³/mol. The van der Waals surface area contributed by atoms with E-state index in [1.807, 2.05) is 23.1 Å². The van der Waals surface area contributed by atoms with Gasteiger partial charge < -0.3 is 15.1 Å². The highest BCUT2D eigenvalue weighted by Gasteiger charge is 2.24. The Kier molecular flexibility index (Phi) is 5.57. The third-order valence-corrected chi connectivity index (χ3v) is 5.03. The van der Waals surface area contributed by atoms with Crippen LogP contribution in [0, 0.1) is 18.3 Å². The van der Waals surface area contributed by atoms with Crippen LogP contribution in [-0.4, -0.2) is 47.0 Å². The van der Waals surface area contributed by atoms with Gasteiger partial charge in [-0.15, -0.1) is 0 Å². The molecule has 1 aliphatic rings. The summed E-state index contributed by atoms with van der Waals surface area (Å²) in [5.74, 6) is 0.995. The second-order valence-corrected chi connectivity index (χ2v) is 7.11. The number of hydrogen-bond donors (Lipinski definition) is 1. The minimum absolute atomic E-state index is 0.0870. The highest BCUT2D eigenvalue weighted by Crippen LogP contribution is 2.19. The topological polar surface area (TPSA) is 85.1 Å². The van der Waals surface area contributed by atoms with Crippen molar-refractivity contribution in [3.05, 3.63) is 77.7 Å². The van der Waals surface area contributed by atoms with Crippen LogP contribution < -0.4 is 10.2 Å². The summed E-state index contributed by atoms with van der Waals surface area (Å²) in [5.41, 5.74) is 2.94. The molecule has 0 aliphatic carbocycles. The van der Waals surface area contributed by atoms with Gasteiger partial charge >= 0.3 is 0 Å². The summed E-state index contributed by atoms with van der Waals surface area (Å²) in [4.78, 5) is 25.9. The van der Waals surface area contributed by atoms with E-state index in [1.165, 1.54) is 5.69 Å². The van der Waals surface area contributed by atoms with E-state index in [9.17, 15) is 4.79 Å². The maximum atomic E-state index is 13.0. The first-order valence-corrected chi connectivity index (χ1v) is 9.84. The lowest BCUT2D eigenvalue weighted by Crippen LogP contribution is -2.49. The lowest BCUT2D eigenvalue weighted by Gasteiger charge is -2.36. The van der Waals surface area contributed by atoms with E-state index in [4.69, 9.17) is 5.26 Å². The summed E-state index contributed by atoms with van der Waals surface area (Å²) < 4.78 is 0. The number of rotatable bonds is 4. The minimum Gasteiger partial charge on any atom is -0.368 e. The van der Waals surface area contributed by atoms with Crippen molar-refractivity contribution >= 4 is 23.1 Å². The summed E-state index contributed by atoms with van der Waals surface area (Å²) in [6.07, 6.45) is 0. The molecule has 2 heterocycles. The molecular weight excluding hydrogens is 376 g/mol. The van der Waals surface area contributed by atoms with Gasteiger partial charge in [0.05, 0.1) is 11.6 Å². The SMILES string of the molecule is Cc1nc(Nc2ccc(C#N)cc2)cc(C(=O)N2CCN(c3ccccc3)CC2)n1. The van der Waals surface area contributed by atoms with Crippen LogP contribution in [0.25, 0.3) is 0 Å². The van der Waals surface area contributed by atoms with Gasteiger partial charge in [0.2, 0.25) is 0 Å². The standard InChI is InChI=1S/C23H22N6O/c1-17-25-21(15-22(26-17)27-19-9-7-18(16-24)8-10-19)23(30)29-13-11-28(12-14-29)20-5-3-2-4-6-20/h2-10,15H,11-14H2,1H3,(H,25,26,27). The lowest BCUT2D eigenvalue weighted by molar-refractivity contribution is 0.0740. The van der Waals surface area contributed by atoms with E-state index in [1.54, 1.807) is 37.3 Å². The van der Waals surface area contributed by atoms with Crippen LogP contribution in [0.3, 0.4) is 0 Å². The number of benzene rings is 2. The van der Waals surface area contributed by atoms with Crippen molar-refractivity contribution in [1.82, 2.24) is 14.9 Å². The molecule has 1 aromatic heterocycles. The van der Waals surface area contributed by atoms with Gasteiger partial charge in [0.25, 0.3) is 5.91 Å². The molecule has 0 unspecified atom stereocenters. The fraction of sp³-hybridized carbons (Fsp3) is 0.217. The summed E-state index contributed by atoms with van der Waals surface area (Å²) in [6, 6.07) is 21.1. The molecule has 0 atom stereocenters. The minimum atomic E-state index is -0.0870. The highest BCUT2D eigenvalue weighted by atomic mass is 16.2. The van der Waals surface area contributed by atoms with Crippen LogP contribution in [0.15, 0.2) is 60.7 Å².